The first kappa shape index (κ1) is 59.7. The van der Waals surface area contributed by atoms with E-state index in [-0.39, 0.29) is 53.5 Å². The van der Waals surface area contributed by atoms with Gasteiger partial charge in [0, 0.05) is 50.0 Å². The van der Waals surface area contributed by atoms with Crippen LogP contribution in [0.5, 0.6) is 17.2 Å². The van der Waals surface area contributed by atoms with E-state index in [4.69, 9.17) is 0 Å². The normalized spacial score (nSPS) is 11.5. The van der Waals surface area contributed by atoms with Gasteiger partial charge in [-0.25, -0.2) is 0 Å². The first-order valence-electron chi connectivity index (χ1n) is 20.8. The number of hydrogen-bond donors (Lipinski definition) is 3. The lowest BCUT2D eigenvalue weighted by molar-refractivity contribution is 0.445. The molecule has 6 nitrogen and oxygen atoms in total. The van der Waals surface area contributed by atoms with Gasteiger partial charge in [0.2, 0.25) is 0 Å². The molecule has 0 amide bonds. The highest BCUT2D eigenvalue weighted by molar-refractivity contribution is 7.99. The van der Waals surface area contributed by atoms with Crippen molar-refractivity contribution in [2.75, 3.05) is 18.8 Å². The van der Waals surface area contributed by atoms with Gasteiger partial charge in [0.25, 0.3) is 0 Å². The molecule has 0 aliphatic rings. The molecule has 0 aromatic heterocycles. The molecule has 0 fully saturated rings. The third-order valence-electron chi connectivity index (χ3n) is 9.91. The maximum absolute atomic E-state index is 10.4. The van der Waals surface area contributed by atoms with E-state index in [1.54, 1.807) is 53.9 Å². The van der Waals surface area contributed by atoms with Crippen molar-refractivity contribution in [1.82, 2.24) is 0 Å². The van der Waals surface area contributed by atoms with Crippen molar-refractivity contribution in [3.05, 3.63) is 161 Å². The average molecular weight is 1010 g/mol. The van der Waals surface area contributed by atoms with E-state index in [2.05, 4.69) is 77.3 Å². The first-order chi connectivity index (χ1) is 29.8. The van der Waals surface area contributed by atoms with E-state index >= 15 is 0 Å². The van der Waals surface area contributed by atoms with E-state index in [0.29, 0.717) is 17.2 Å². The summed E-state index contributed by atoms with van der Waals surface area (Å²) in [5.74, 6) is 0.946. The molecule has 0 atom stereocenters. The molecule has 0 unspecified atom stereocenters. The number of aromatic hydroxyl groups is 3. The predicted molar refractivity (Wildman–Crippen MR) is 299 cm³/mol. The number of phenolic OH excluding ortho intramolecular Hbond substituents is 3. The molecule has 0 heterocycles. The van der Waals surface area contributed by atoms with Crippen LogP contribution < -0.4 is 0 Å². The summed E-state index contributed by atoms with van der Waals surface area (Å²) >= 11 is 5.00. The quantitative estimate of drug-likeness (QED) is 0.0986. The molecule has 0 aliphatic heterocycles. The summed E-state index contributed by atoms with van der Waals surface area (Å²) in [5, 5.41) is 31.3. The summed E-state index contributed by atoms with van der Waals surface area (Å²) in [4.78, 5) is 17.0. The molecule has 0 bridgehead atoms. The summed E-state index contributed by atoms with van der Waals surface area (Å²) < 4.78 is 0. The summed E-state index contributed by atoms with van der Waals surface area (Å²) in [6.07, 6.45) is 11.3. The van der Waals surface area contributed by atoms with Crippen molar-refractivity contribution in [2.45, 2.75) is 93.2 Å². The Hall–Kier alpha value is -4.35. The lowest BCUT2D eigenvalue weighted by Crippen LogP contribution is -2.11. The predicted octanol–water partition coefficient (Wildman–Crippen LogP) is 16.8. The third-order valence-corrected chi connectivity index (χ3v) is 12.3. The molecule has 6 rings (SSSR count). The third kappa shape index (κ3) is 17.1. The fraction of sp³-hybridized carbons (Fsp3) is 0.278. The highest BCUT2D eigenvalue weighted by Crippen LogP contribution is 2.36. The monoisotopic (exact) mass is 1010 g/mol. The Balaban J connectivity index is 0.000000484. The fourth-order valence-corrected chi connectivity index (χ4v) is 8.07. The fourth-order valence-electron chi connectivity index (χ4n) is 6.44. The Morgan fingerprint density at radius 3 is 0.788 bits per heavy atom. The highest BCUT2D eigenvalue weighted by Gasteiger charge is 2.21. The van der Waals surface area contributed by atoms with Crippen molar-refractivity contribution in [3.63, 3.8) is 0 Å². The van der Waals surface area contributed by atoms with Crippen LogP contribution in [0, 0.1) is 0 Å². The van der Waals surface area contributed by atoms with Crippen LogP contribution in [-0.2, 0) is 16.2 Å². The molecule has 0 spiro atoms. The number of aliphatic imine (C=N–C) groups is 3. The molecule has 66 heavy (non-hydrogen) atoms. The topological polar surface area (TPSA) is 97.8 Å². The van der Waals surface area contributed by atoms with Crippen LogP contribution >= 0.6 is 72.5 Å². The Morgan fingerprint density at radius 1 is 0.348 bits per heavy atom. The van der Waals surface area contributed by atoms with Gasteiger partial charge in [0.1, 0.15) is 17.2 Å². The van der Waals surface area contributed by atoms with Crippen molar-refractivity contribution in [1.29, 1.82) is 0 Å². The van der Waals surface area contributed by atoms with Gasteiger partial charge in [-0.3, -0.25) is 15.0 Å². The van der Waals surface area contributed by atoms with Crippen molar-refractivity contribution >= 4 is 108 Å². The number of para-hydroxylation sites is 6. The minimum Gasteiger partial charge on any atom is -0.507 e. The minimum absolute atomic E-state index is 0. The molecular weight excluding hydrogens is 941 g/mol. The van der Waals surface area contributed by atoms with Crippen LogP contribution in [0.25, 0.3) is 0 Å². The molecule has 354 valence electrons. The maximum atomic E-state index is 10.4. The van der Waals surface area contributed by atoms with E-state index < -0.39 is 0 Å². The standard InChI is InChI=1S/3C18H21NOS.3ClH/c3*1-18(2,3)14-9-7-8-13(17(14)20)12-19-15-10-5-6-11-16(15)21-4;;;/h3*5-12,20H,1-4H3;3*1H. The molecule has 6 aromatic carbocycles. The highest BCUT2D eigenvalue weighted by atomic mass is 35.5. The van der Waals surface area contributed by atoms with Crippen molar-refractivity contribution in [3.8, 4) is 17.2 Å². The zero-order valence-electron chi connectivity index (χ0n) is 40.0. The number of phenols is 3. The van der Waals surface area contributed by atoms with Gasteiger partial charge in [0.15, 0.2) is 0 Å². The van der Waals surface area contributed by atoms with Crippen LogP contribution in [-0.4, -0.2) is 52.7 Å². The molecule has 0 saturated heterocycles. The molecule has 0 aliphatic carbocycles. The zero-order valence-corrected chi connectivity index (χ0v) is 44.9. The van der Waals surface area contributed by atoms with E-state index in [1.807, 2.05) is 146 Å². The summed E-state index contributed by atoms with van der Waals surface area (Å²) in [5.41, 5.74) is 7.54. The Kier molecular flexibility index (Phi) is 24.8. The largest absolute Gasteiger partial charge is 0.507 e. The average Bonchev–Trinajstić information content (AvgIpc) is 3.25. The SMILES string of the molecule is CSc1ccccc1N=Cc1cccc(C(C)(C)C)c1O.CSc1ccccc1N=Cc1cccc(C(C)(C)C)c1O.CSc1ccccc1N=Cc1cccc(C(C)(C)C)c1O.Cl.Cl.Cl. The Morgan fingerprint density at radius 2 is 0.576 bits per heavy atom. The Bertz CT molecular complexity index is 2270. The van der Waals surface area contributed by atoms with Crippen LogP contribution in [0.2, 0.25) is 0 Å². The van der Waals surface area contributed by atoms with E-state index in [0.717, 1.165) is 65.1 Å². The number of hydrogen-bond acceptors (Lipinski definition) is 9. The van der Waals surface area contributed by atoms with Crippen molar-refractivity contribution in [2.24, 2.45) is 15.0 Å². The summed E-state index contributed by atoms with van der Waals surface area (Å²) in [7, 11) is 0. The Labute approximate surface area is 425 Å². The number of thioether (sulfide) groups is 3. The summed E-state index contributed by atoms with van der Waals surface area (Å²) in [6, 6.07) is 41.4. The number of rotatable bonds is 9. The van der Waals surface area contributed by atoms with Gasteiger partial charge in [0.05, 0.1) is 17.1 Å². The van der Waals surface area contributed by atoms with Crippen LogP contribution in [0.4, 0.5) is 17.1 Å². The smallest absolute Gasteiger partial charge is 0.128 e. The van der Waals surface area contributed by atoms with Gasteiger partial charge in [-0.2, -0.15) is 0 Å². The molecule has 0 radical (unpaired) electrons. The number of halogens is 3. The van der Waals surface area contributed by atoms with Gasteiger partial charge < -0.3 is 15.3 Å². The first-order valence-corrected chi connectivity index (χ1v) is 24.5. The van der Waals surface area contributed by atoms with Crippen molar-refractivity contribution < 1.29 is 15.3 Å². The molecule has 6 aromatic rings. The van der Waals surface area contributed by atoms with Crippen LogP contribution in [0.1, 0.15) is 95.7 Å². The molecule has 12 heteroatoms. The van der Waals surface area contributed by atoms with Gasteiger partial charge in [-0.1, -0.05) is 135 Å². The molecule has 3 N–H and O–H groups in total. The van der Waals surface area contributed by atoms with Crippen LogP contribution in [0.3, 0.4) is 0 Å². The molecular formula is C54H66Cl3N3O3S3. The molecule has 0 saturated carbocycles. The second-order valence-electron chi connectivity index (χ2n) is 17.8. The minimum atomic E-state index is -0.0922. The number of nitrogens with zero attached hydrogens (tertiary/aromatic N) is 3. The lowest BCUT2D eigenvalue weighted by atomic mass is 9.85. The van der Waals surface area contributed by atoms with Crippen LogP contribution in [0.15, 0.2) is 157 Å². The summed E-state index contributed by atoms with van der Waals surface area (Å²) in [6.45, 7) is 18.8. The maximum Gasteiger partial charge on any atom is 0.128 e. The van der Waals surface area contributed by atoms with Gasteiger partial charge >= 0.3 is 0 Å². The van der Waals surface area contributed by atoms with E-state index in [1.165, 1.54) is 0 Å². The second kappa shape index (κ2) is 27.5. The lowest BCUT2D eigenvalue weighted by Gasteiger charge is -2.21. The van der Waals surface area contributed by atoms with E-state index in [9.17, 15) is 15.3 Å². The number of benzene rings is 6. The zero-order chi connectivity index (χ0) is 46.4. The second-order valence-corrected chi connectivity index (χ2v) is 20.3. The van der Waals surface area contributed by atoms with Gasteiger partial charge in [-0.15, -0.1) is 72.5 Å². The van der Waals surface area contributed by atoms with Gasteiger partial charge in [-0.05, 0) is 106 Å².